The van der Waals surface area contributed by atoms with Gasteiger partial charge in [-0.3, -0.25) is 4.79 Å². The summed E-state index contributed by atoms with van der Waals surface area (Å²) in [6.45, 7) is 3.99. The number of hydrogen-bond donors (Lipinski definition) is 1. The van der Waals surface area contributed by atoms with Crippen LogP contribution in [0.15, 0.2) is 36.5 Å². The Morgan fingerprint density at radius 2 is 2.00 bits per heavy atom. The fourth-order valence-corrected chi connectivity index (χ4v) is 1.67. The van der Waals surface area contributed by atoms with Crippen molar-refractivity contribution in [3.8, 4) is 0 Å². The Hall–Kier alpha value is -2.23. The molecule has 4 nitrogen and oxygen atoms in total. The fraction of sp³-hybridized carbons (Fsp3) is 0.214. The lowest BCUT2D eigenvalue weighted by Gasteiger charge is -2.07. The molecule has 0 saturated heterocycles. The maximum absolute atomic E-state index is 11.3. The van der Waals surface area contributed by atoms with Gasteiger partial charge in [0.25, 0.3) is 0 Å². The number of carbonyl (C=O) groups excluding carboxylic acids is 1. The first kappa shape index (κ1) is 12.2. The average Bonchev–Trinajstić information content (AvgIpc) is 2.37. The van der Waals surface area contributed by atoms with Gasteiger partial charge in [0.15, 0.2) is 5.78 Å². The Labute approximate surface area is 106 Å². The van der Waals surface area contributed by atoms with E-state index in [1.165, 1.54) is 6.92 Å². The number of benzene rings is 1. The van der Waals surface area contributed by atoms with Crippen molar-refractivity contribution in [1.82, 2.24) is 9.97 Å². The summed E-state index contributed by atoms with van der Waals surface area (Å²) < 4.78 is 0. The smallest absolute Gasteiger partial charge is 0.223 e. The van der Waals surface area contributed by atoms with Crippen LogP contribution in [0.25, 0.3) is 0 Å². The summed E-state index contributed by atoms with van der Waals surface area (Å²) in [7, 11) is 0. The van der Waals surface area contributed by atoms with E-state index in [0.29, 0.717) is 23.8 Å². The normalized spacial score (nSPS) is 10.1. The quantitative estimate of drug-likeness (QED) is 0.836. The van der Waals surface area contributed by atoms with Gasteiger partial charge in [-0.05, 0) is 19.4 Å². The van der Waals surface area contributed by atoms with Gasteiger partial charge in [-0.15, -0.1) is 0 Å². The highest BCUT2D eigenvalue weighted by Crippen LogP contribution is 2.09. The van der Waals surface area contributed by atoms with E-state index < -0.39 is 0 Å². The Bertz CT molecular complexity index is 552. The summed E-state index contributed by atoms with van der Waals surface area (Å²) in [4.78, 5) is 19.7. The predicted octanol–water partition coefficient (Wildman–Crippen LogP) is 2.60. The molecule has 0 fully saturated rings. The molecule has 0 aliphatic heterocycles. The molecule has 1 heterocycles. The molecule has 0 saturated carbocycles. The molecule has 4 heteroatoms. The molecule has 92 valence electrons. The molecule has 0 spiro atoms. The lowest BCUT2D eigenvalue weighted by molar-refractivity contribution is 0.101. The van der Waals surface area contributed by atoms with E-state index >= 15 is 0 Å². The molecular formula is C14H15N3O. The van der Waals surface area contributed by atoms with Crippen molar-refractivity contribution in [3.63, 3.8) is 0 Å². The number of nitrogens with one attached hydrogen (secondary N) is 1. The topological polar surface area (TPSA) is 54.9 Å². The highest BCUT2D eigenvalue weighted by atomic mass is 16.1. The zero-order valence-corrected chi connectivity index (χ0v) is 10.5. The van der Waals surface area contributed by atoms with E-state index in [4.69, 9.17) is 0 Å². The second-order valence-corrected chi connectivity index (χ2v) is 4.09. The molecule has 0 radical (unpaired) electrons. The number of ketones is 1. The van der Waals surface area contributed by atoms with Crippen molar-refractivity contribution in [3.05, 3.63) is 53.3 Å². The van der Waals surface area contributed by atoms with E-state index in [9.17, 15) is 4.79 Å². The average molecular weight is 241 g/mol. The minimum Gasteiger partial charge on any atom is -0.350 e. The number of rotatable bonds is 4. The zero-order valence-electron chi connectivity index (χ0n) is 10.5. The van der Waals surface area contributed by atoms with E-state index in [0.717, 1.165) is 5.56 Å². The summed E-state index contributed by atoms with van der Waals surface area (Å²) in [5, 5.41) is 3.13. The van der Waals surface area contributed by atoms with E-state index in [1.54, 1.807) is 6.20 Å². The maximum Gasteiger partial charge on any atom is 0.223 e. The molecule has 1 aromatic heterocycles. The highest BCUT2D eigenvalue weighted by molar-refractivity contribution is 5.94. The van der Waals surface area contributed by atoms with Crippen LogP contribution in [0.1, 0.15) is 28.5 Å². The largest absolute Gasteiger partial charge is 0.350 e. The van der Waals surface area contributed by atoms with Crippen molar-refractivity contribution in [2.24, 2.45) is 0 Å². The van der Waals surface area contributed by atoms with Crippen molar-refractivity contribution >= 4 is 11.7 Å². The van der Waals surface area contributed by atoms with Crippen LogP contribution < -0.4 is 5.32 Å². The van der Waals surface area contributed by atoms with Gasteiger partial charge in [0.05, 0.1) is 11.3 Å². The third kappa shape index (κ3) is 2.91. The fourth-order valence-electron chi connectivity index (χ4n) is 1.67. The molecule has 0 unspecified atom stereocenters. The molecule has 0 atom stereocenters. The molecule has 0 amide bonds. The Balaban J connectivity index is 2.07. The number of nitrogens with zero attached hydrogens (tertiary/aromatic N) is 2. The lowest BCUT2D eigenvalue weighted by Crippen LogP contribution is -2.07. The van der Waals surface area contributed by atoms with Crippen LogP contribution in [-0.2, 0) is 6.54 Å². The minimum absolute atomic E-state index is 0.0119. The Kier molecular flexibility index (Phi) is 3.67. The molecule has 0 aliphatic rings. The van der Waals surface area contributed by atoms with Gasteiger partial charge < -0.3 is 5.32 Å². The van der Waals surface area contributed by atoms with E-state index in [2.05, 4.69) is 15.3 Å². The first-order valence-corrected chi connectivity index (χ1v) is 5.79. The molecule has 2 rings (SSSR count). The molecule has 1 N–H and O–H groups in total. The van der Waals surface area contributed by atoms with Crippen molar-refractivity contribution in [2.75, 3.05) is 5.32 Å². The van der Waals surface area contributed by atoms with Crippen LogP contribution in [0, 0.1) is 6.92 Å². The number of aryl methyl sites for hydroxylation is 1. The van der Waals surface area contributed by atoms with Gasteiger partial charge in [0, 0.05) is 12.7 Å². The Morgan fingerprint density at radius 1 is 1.28 bits per heavy atom. The first-order valence-electron chi connectivity index (χ1n) is 5.79. The number of anilines is 1. The van der Waals surface area contributed by atoms with Crippen LogP contribution in [0.2, 0.25) is 0 Å². The summed E-state index contributed by atoms with van der Waals surface area (Å²) >= 11 is 0. The SMILES string of the molecule is CC(=O)c1cnc(NCc2ccccc2)nc1C. The second kappa shape index (κ2) is 5.40. The minimum atomic E-state index is -0.0119. The summed E-state index contributed by atoms with van der Waals surface area (Å²) in [6, 6.07) is 10.0. The summed E-state index contributed by atoms with van der Waals surface area (Å²) in [5.74, 6) is 0.531. The summed E-state index contributed by atoms with van der Waals surface area (Å²) in [5.41, 5.74) is 2.43. The van der Waals surface area contributed by atoms with Gasteiger partial charge in [-0.1, -0.05) is 30.3 Å². The van der Waals surface area contributed by atoms with Crippen LogP contribution in [-0.4, -0.2) is 15.8 Å². The van der Waals surface area contributed by atoms with Crippen LogP contribution in [0.4, 0.5) is 5.95 Å². The third-order valence-electron chi connectivity index (χ3n) is 2.65. The van der Waals surface area contributed by atoms with Crippen LogP contribution in [0.5, 0.6) is 0 Å². The second-order valence-electron chi connectivity index (χ2n) is 4.09. The standard InChI is InChI=1S/C14H15N3O/c1-10-13(11(2)18)9-16-14(17-10)15-8-12-6-4-3-5-7-12/h3-7,9H,8H2,1-2H3,(H,15,16,17). The lowest BCUT2D eigenvalue weighted by atomic mass is 10.2. The Morgan fingerprint density at radius 3 is 2.61 bits per heavy atom. The number of carbonyl (C=O) groups is 1. The monoisotopic (exact) mass is 241 g/mol. The maximum atomic E-state index is 11.3. The number of Topliss-reactive ketones (excluding diaryl/α,β-unsaturated/α-hetero) is 1. The van der Waals surface area contributed by atoms with Crippen molar-refractivity contribution in [2.45, 2.75) is 20.4 Å². The molecular weight excluding hydrogens is 226 g/mol. The number of aromatic nitrogens is 2. The number of hydrogen-bond acceptors (Lipinski definition) is 4. The van der Waals surface area contributed by atoms with Crippen molar-refractivity contribution < 1.29 is 4.79 Å². The molecule has 0 bridgehead atoms. The van der Waals surface area contributed by atoms with Gasteiger partial charge >= 0.3 is 0 Å². The van der Waals surface area contributed by atoms with Gasteiger partial charge in [0.2, 0.25) is 5.95 Å². The van der Waals surface area contributed by atoms with Gasteiger partial charge in [-0.25, -0.2) is 9.97 Å². The van der Waals surface area contributed by atoms with Crippen molar-refractivity contribution in [1.29, 1.82) is 0 Å². The first-order chi connectivity index (χ1) is 8.66. The van der Waals surface area contributed by atoms with Crippen LogP contribution >= 0.6 is 0 Å². The van der Waals surface area contributed by atoms with Gasteiger partial charge in [0.1, 0.15) is 0 Å². The molecule has 0 aliphatic carbocycles. The van der Waals surface area contributed by atoms with Crippen LogP contribution in [0.3, 0.4) is 0 Å². The molecule has 18 heavy (non-hydrogen) atoms. The predicted molar refractivity (Wildman–Crippen MR) is 70.5 cm³/mol. The van der Waals surface area contributed by atoms with E-state index in [1.807, 2.05) is 37.3 Å². The zero-order chi connectivity index (χ0) is 13.0. The third-order valence-corrected chi connectivity index (χ3v) is 2.65. The molecule has 1 aromatic carbocycles. The van der Waals surface area contributed by atoms with Gasteiger partial charge in [-0.2, -0.15) is 0 Å². The summed E-state index contributed by atoms with van der Waals surface area (Å²) in [6.07, 6.45) is 1.57. The highest BCUT2D eigenvalue weighted by Gasteiger charge is 2.06. The van der Waals surface area contributed by atoms with E-state index in [-0.39, 0.29) is 5.78 Å². The molecule has 2 aromatic rings.